The molecular formula is C16H21BrN4. The predicted molar refractivity (Wildman–Crippen MR) is 87.7 cm³/mol. The highest BCUT2D eigenvalue weighted by molar-refractivity contribution is 9.10. The Morgan fingerprint density at radius 3 is 2.48 bits per heavy atom. The molecule has 112 valence electrons. The van der Waals surface area contributed by atoms with Crippen LogP contribution < -0.4 is 11.3 Å². The number of rotatable bonds is 5. The van der Waals surface area contributed by atoms with Crippen molar-refractivity contribution in [3.05, 3.63) is 52.3 Å². The van der Waals surface area contributed by atoms with Gasteiger partial charge in [0.15, 0.2) is 0 Å². The van der Waals surface area contributed by atoms with Crippen LogP contribution in [0, 0.1) is 0 Å². The number of nitrogens with one attached hydrogen (secondary N) is 1. The summed E-state index contributed by atoms with van der Waals surface area (Å²) in [7, 11) is 0. The second-order valence-electron chi connectivity index (χ2n) is 6.04. The molecule has 0 spiro atoms. The third-order valence-corrected chi connectivity index (χ3v) is 5.02. The molecule has 4 nitrogen and oxygen atoms in total. The van der Waals surface area contributed by atoms with Crippen molar-refractivity contribution in [3.8, 4) is 0 Å². The highest BCUT2D eigenvalue weighted by atomic mass is 79.9. The Labute approximate surface area is 133 Å². The second kappa shape index (κ2) is 5.55. The predicted octanol–water partition coefficient (Wildman–Crippen LogP) is 3.46. The molecule has 1 aliphatic rings. The van der Waals surface area contributed by atoms with E-state index in [4.69, 9.17) is 5.84 Å². The minimum atomic E-state index is 0.0548. The SMILES string of the molecule is CC(C)n1ncc(Br)c1C(NN)C1(c2ccccc2)CC1. The first kappa shape index (κ1) is 14.8. The van der Waals surface area contributed by atoms with Gasteiger partial charge in [0, 0.05) is 11.5 Å². The van der Waals surface area contributed by atoms with Gasteiger partial charge in [0.1, 0.15) is 0 Å². The lowest BCUT2D eigenvalue weighted by Crippen LogP contribution is -2.38. The van der Waals surface area contributed by atoms with Crippen molar-refractivity contribution in [1.82, 2.24) is 15.2 Å². The molecule has 3 N–H and O–H groups in total. The molecule has 1 fully saturated rings. The van der Waals surface area contributed by atoms with Crippen LogP contribution in [-0.4, -0.2) is 9.78 Å². The van der Waals surface area contributed by atoms with Crippen LogP contribution in [0.5, 0.6) is 0 Å². The normalized spacial score (nSPS) is 18.0. The lowest BCUT2D eigenvalue weighted by molar-refractivity contribution is 0.386. The number of aromatic nitrogens is 2. The van der Waals surface area contributed by atoms with Crippen LogP contribution in [0.3, 0.4) is 0 Å². The van der Waals surface area contributed by atoms with E-state index < -0.39 is 0 Å². The summed E-state index contributed by atoms with van der Waals surface area (Å²) in [5, 5.41) is 4.49. The first-order valence-corrected chi connectivity index (χ1v) is 8.14. The number of hydrazine groups is 1. The molecule has 0 bridgehead atoms. The van der Waals surface area contributed by atoms with Gasteiger partial charge in [-0.3, -0.25) is 16.0 Å². The van der Waals surface area contributed by atoms with E-state index >= 15 is 0 Å². The summed E-state index contributed by atoms with van der Waals surface area (Å²) in [5.41, 5.74) is 5.60. The van der Waals surface area contributed by atoms with E-state index in [1.165, 1.54) is 5.56 Å². The minimum Gasteiger partial charge on any atom is -0.271 e. The number of halogens is 1. The number of nitrogens with zero attached hydrogens (tertiary/aromatic N) is 2. The number of benzene rings is 1. The van der Waals surface area contributed by atoms with Crippen LogP contribution in [0.4, 0.5) is 0 Å². The molecule has 1 unspecified atom stereocenters. The highest BCUT2D eigenvalue weighted by Gasteiger charge is 2.52. The maximum absolute atomic E-state index is 5.95. The average molecular weight is 349 g/mol. The van der Waals surface area contributed by atoms with Gasteiger partial charge in [-0.25, -0.2) is 0 Å². The fourth-order valence-corrected chi connectivity index (χ4v) is 3.68. The Balaban J connectivity index is 2.06. The van der Waals surface area contributed by atoms with Crippen LogP contribution in [-0.2, 0) is 5.41 Å². The fraction of sp³-hybridized carbons (Fsp3) is 0.438. The largest absolute Gasteiger partial charge is 0.271 e. The van der Waals surface area contributed by atoms with E-state index in [1.807, 2.05) is 6.20 Å². The molecule has 1 aromatic carbocycles. The van der Waals surface area contributed by atoms with Gasteiger partial charge in [-0.05, 0) is 48.2 Å². The van der Waals surface area contributed by atoms with Crippen molar-refractivity contribution < 1.29 is 0 Å². The molecular weight excluding hydrogens is 328 g/mol. The Kier molecular flexibility index (Phi) is 3.90. The van der Waals surface area contributed by atoms with Crippen LogP contribution in [0.2, 0.25) is 0 Å². The summed E-state index contributed by atoms with van der Waals surface area (Å²) < 4.78 is 3.07. The van der Waals surface area contributed by atoms with Crippen molar-refractivity contribution in [2.24, 2.45) is 5.84 Å². The van der Waals surface area contributed by atoms with Gasteiger partial charge in [0.25, 0.3) is 0 Å². The third-order valence-electron chi connectivity index (χ3n) is 4.41. The van der Waals surface area contributed by atoms with Crippen molar-refractivity contribution in [1.29, 1.82) is 0 Å². The lowest BCUT2D eigenvalue weighted by Gasteiger charge is -2.29. The summed E-state index contributed by atoms with van der Waals surface area (Å²) in [6, 6.07) is 11.0. The number of hydrogen-bond donors (Lipinski definition) is 2. The Morgan fingerprint density at radius 1 is 1.29 bits per heavy atom. The molecule has 1 aliphatic carbocycles. The Hall–Kier alpha value is -1.17. The summed E-state index contributed by atoms with van der Waals surface area (Å²) in [6.45, 7) is 4.28. The molecule has 5 heteroatoms. The summed E-state index contributed by atoms with van der Waals surface area (Å²) in [4.78, 5) is 0. The van der Waals surface area contributed by atoms with E-state index in [2.05, 4.69) is 75.3 Å². The van der Waals surface area contributed by atoms with E-state index in [0.717, 1.165) is 23.0 Å². The first-order valence-electron chi connectivity index (χ1n) is 7.34. The third kappa shape index (κ3) is 2.43. The number of nitrogens with two attached hydrogens (primary N) is 1. The quantitative estimate of drug-likeness (QED) is 0.642. The molecule has 21 heavy (non-hydrogen) atoms. The zero-order valence-corrected chi connectivity index (χ0v) is 14.0. The minimum absolute atomic E-state index is 0.0548. The zero-order valence-electron chi connectivity index (χ0n) is 12.4. The maximum Gasteiger partial charge on any atom is 0.0737 e. The molecule has 0 saturated heterocycles. The zero-order chi connectivity index (χ0) is 15.0. The Morgan fingerprint density at radius 2 is 1.95 bits per heavy atom. The molecule has 1 heterocycles. The molecule has 0 aliphatic heterocycles. The van der Waals surface area contributed by atoms with Crippen LogP contribution in [0.25, 0.3) is 0 Å². The van der Waals surface area contributed by atoms with Crippen molar-refractivity contribution in [3.63, 3.8) is 0 Å². The standard InChI is InChI=1S/C16H21BrN4/c1-11(2)21-14(13(17)10-19-21)15(20-18)16(8-9-16)12-6-4-3-5-7-12/h3-7,10-11,15,20H,8-9,18H2,1-2H3. The van der Waals surface area contributed by atoms with Gasteiger partial charge in [-0.15, -0.1) is 0 Å². The van der Waals surface area contributed by atoms with Gasteiger partial charge >= 0.3 is 0 Å². The fourth-order valence-electron chi connectivity index (χ4n) is 3.18. The van der Waals surface area contributed by atoms with Crippen LogP contribution >= 0.6 is 15.9 Å². The van der Waals surface area contributed by atoms with Gasteiger partial charge in [-0.2, -0.15) is 5.10 Å². The maximum atomic E-state index is 5.95. The van der Waals surface area contributed by atoms with Crippen molar-refractivity contribution in [2.75, 3.05) is 0 Å². The summed E-state index contributed by atoms with van der Waals surface area (Å²) in [6.07, 6.45) is 4.14. The molecule has 1 aromatic heterocycles. The lowest BCUT2D eigenvalue weighted by atomic mass is 9.86. The van der Waals surface area contributed by atoms with E-state index in [-0.39, 0.29) is 11.5 Å². The molecule has 1 atom stereocenters. The van der Waals surface area contributed by atoms with E-state index in [0.29, 0.717) is 6.04 Å². The van der Waals surface area contributed by atoms with Crippen molar-refractivity contribution >= 4 is 15.9 Å². The van der Waals surface area contributed by atoms with Gasteiger partial charge in [-0.1, -0.05) is 30.3 Å². The molecule has 3 rings (SSSR count). The van der Waals surface area contributed by atoms with Crippen LogP contribution in [0.1, 0.15) is 50.0 Å². The van der Waals surface area contributed by atoms with Crippen LogP contribution in [0.15, 0.2) is 41.0 Å². The molecule has 0 amide bonds. The van der Waals surface area contributed by atoms with E-state index in [9.17, 15) is 0 Å². The Bertz CT molecular complexity index is 616. The highest BCUT2D eigenvalue weighted by Crippen LogP contribution is 2.57. The van der Waals surface area contributed by atoms with Gasteiger partial charge in [0.2, 0.25) is 0 Å². The molecule has 2 aromatic rings. The van der Waals surface area contributed by atoms with Gasteiger partial charge in [0.05, 0.1) is 22.4 Å². The average Bonchev–Trinajstić information content (AvgIpc) is 3.20. The summed E-state index contributed by atoms with van der Waals surface area (Å²) in [5.74, 6) is 5.95. The second-order valence-corrected chi connectivity index (χ2v) is 6.89. The molecule has 1 saturated carbocycles. The first-order chi connectivity index (χ1) is 10.1. The topological polar surface area (TPSA) is 55.9 Å². The molecule has 0 radical (unpaired) electrons. The summed E-state index contributed by atoms with van der Waals surface area (Å²) >= 11 is 3.64. The van der Waals surface area contributed by atoms with Gasteiger partial charge < -0.3 is 0 Å². The smallest absolute Gasteiger partial charge is 0.0737 e. The monoisotopic (exact) mass is 348 g/mol. The van der Waals surface area contributed by atoms with Crippen molar-refractivity contribution in [2.45, 2.75) is 44.2 Å². The number of hydrogen-bond acceptors (Lipinski definition) is 3. The van der Waals surface area contributed by atoms with E-state index in [1.54, 1.807) is 0 Å².